The van der Waals surface area contributed by atoms with E-state index in [4.69, 9.17) is 14.2 Å². The van der Waals surface area contributed by atoms with Gasteiger partial charge in [0.2, 0.25) is 22.7 Å². The highest BCUT2D eigenvalue weighted by Crippen LogP contribution is 2.36. The monoisotopic (exact) mass is 462 g/mol. The minimum absolute atomic E-state index is 0.115. The summed E-state index contributed by atoms with van der Waals surface area (Å²) < 4.78 is 41.9. The Labute approximate surface area is 189 Å². The molecule has 8 nitrogen and oxygen atoms in total. The fraction of sp³-hybridized carbons (Fsp3) is 0.435. The SMILES string of the molecule is CC[C@H](NC(=O)CCCN(c1ccc2c(c1)OCO2)S(C)(=O)=O)c1ccc(OC)c(C)c1. The lowest BCUT2D eigenvalue weighted by molar-refractivity contribution is -0.121. The van der Waals surface area contributed by atoms with E-state index < -0.39 is 10.0 Å². The molecule has 0 saturated carbocycles. The number of amides is 1. The Balaban J connectivity index is 1.60. The van der Waals surface area contributed by atoms with Crippen LogP contribution in [0, 0.1) is 6.92 Å². The van der Waals surface area contributed by atoms with Gasteiger partial charge in [0.05, 0.1) is 25.1 Å². The standard InChI is InChI=1S/C23H30N2O6S/c1-5-19(17-8-10-20(29-3)16(2)13-17)24-23(26)7-6-12-25(32(4,27)28)18-9-11-21-22(14-18)31-15-30-21/h8-11,13-14,19H,5-7,12,15H2,1-4H3,(H,24,26)/t19-/m0/s1. The van der Waals surface area contributed by atoms with E-state index in [1.165, 1.54) is 4.31 Å². The molecule has 0 unspecified atom stereocenters. The summed E-state index contributed by atoms with van der Waals surface area (Å²) in [5.74, 6) is 1.78. The summed E-state index contributed by atoms with van der Waals surface area (Å²) >= 11 is 0. The van der Waals surface area contributed by atoms with E-state index in [-0.39, 0.29) is 31.7 Å². The molecule has 1 atom stereocenters. The summed E-state index contributed by atoms with van der Waals surface area (Å²) in [6.45, 7) is 4.27. The first-order chi connectivity index (χ1) is 15.2. The summed E-state index contributed by atoms with van der Waals surface area (Å²) in [5.41, 5.74) is 2.50. The number of nitrogens with one attached hydrogen (secondary N) is 1. The molecule has 3 rings (SSSR count). The van der Waals surface area contributed by atoms with Crippen molar-refractivity contribution in [2.75, 3.05) is 31.0 Å². The van der Waals surface area contributed by atoms with E-state index >= 15 is 0 Å². The van der Waals surface area contributed by atoms with Crippen molar-refractivity contribution in [3.8, 4) is 17.2 Å². The molecule has 0 radical (unpaired) electrons. The average molecular weight is 463 g/mol. The second-order valence-corrected chi connectivity index (χ2v) is 9.64. The number of hydrogen-bond acceptors (Lipinski definition) is 6. The molecule has 1 aliphatic rings. The molecule has 0 spiro atoms. The first-order valence-electron chi connectivity index (χ1n) is 10.5. The predicted molar refractivity (Wildman–Crippen MR) is 123 cm³/mol. The van der Waals surface area contributed by atoms with Gasteiger partial charge < -0.3 is 19.5 Å². The zero-order chi connectivity index (χ0) is 23.3. The first-order valence-corrected chi connectivity index (χ1v) is 12.4. The minimum Gasteiger partial charge on any atom is -0.496 e. The van der Waals surface area contributed by atoms with Crippen LogP contribution in [0.1, 0.15) is 43.4 Å². The van der Waals surface area contributed by atoms with Crippen molar-refractivity contribution in [3.05, 3.63) is 47.5 Å². The number of rotatable bonds is 10. The van der Waals surface area contributed by atoms with Crippen molar-refractivity contribution in [1.82, 2.24) is 5.32 Å². The van der Waals surface area contributed by atoms with Gasteiger partial charge in [-0.15, -0.1) is 0 Å². The Morgan fingerprint density at radius 3 is 2.59 bits per heavy atom. The highest BCUT2D eigenvalue weighted by atomic mass is 32.2. The van der Waals surface area contributed by atoms with Crippen LogP contribution in [0.2, 0.25) is 0 Å². The fourth-order valence-electron chi connectivity index (χ4n) is 3.72. The van der Waals surface area contributed by atoms with Gasteiger partial charge in [0.1, 0.15) is 5.75 Å². The summed E-state index contributed by atoms with van der Waals surface area (Å²) in [6, 6.07) is 10.7. The molecule has 0 aliphatic carbocycles. The van der Waals surface area contributed by atoms with Crippen LogP contribution < -0.4 is 23.8 Å². The van der Waals surface area contributed by atoms with E-state index in [9.17, 15) is 13.2 Å². The lowest BCUT2D eigenvalue weighted by Crippen LogP contribution is -2.33. The molecule has 32 heavy (non-hydrogen) atoms. The van der Waals surface area contributed by atoms with Gasteiger partial charge in [-0.05, 0) is 49.1 Å². The van der Waals surface area contributed by atoms with E-state index in [1.807, 2.05) is 32.0 Å². The molecule has 0 aromatic heterocycles. The van der Waals surface area contributed by atoms with Crippen molar-refractivity contribution in [2.45, 2.75) is 39.2 Å². The largest absolute Gasteiger partial charge is 0.496 e. The second-order valence-electron chi connectivity index (χ2n) is 7.73. The summed E-state index contributed by atoms with van der Waals surface area (Å²) in [7, 11) is -1.89. The number of carbonyl (C=O) groups is 1. The topological polar surface area (TPSA) is 94.2 Å². The van der Waals surface area contributed by atoms with Crippen LogP contribution in [0.15, 0.2) is 36.4 Å². The van der Waals surface area contributed by atoms with Gasteiger partial charge in [-0.1, -0.05) is 19.1 Å². The van der Waals surface area contributed by atoms with E-state index in [1.54, 1.807) is 25.3 Å². The third kappa shape index (κ3) is 5.64. The van der Waals surface area contributed by atoms with Gasteiger partial charge in [0, 0.05) is 19.0 Å². The minimum atomic E-state index is -3.52. The Kier molecular flexibility index (Phi) is 7.50. The van der Waals surface area contributed by atoms with Gasteiger partial charge >= 0.3 is 0 Å². The number of anilines is 1. The third-order valence-electron chi connectivity index (χ3n) is 5.37. The fourth-order valence-corrected chi connectivity index (χ4v) is 4.67. The Hall–Kier alpha value is -2.94. The summed E-state index contributed by atoms with van der Waals surface area (Å²) in [5, 5.41) is 3.05. The normalized spacial score (nSPS) is 13.5. The molecule has 174 valence electrons. The molecule has 1 aliphatic heterocycles. The van der Waals surface area contributed by atoms with Gasteiger partial charge in [-0.3, -0.25) is 9.10 Å². The van der Waals surface area contributed by atoms with Crippen LogP contribution in [0.5, 0.6) is 17.2 Å². The Morgan fingerprint density at radius 2 is 1.94 bits per heavy atom. The molecule has 0 fully saturated rings. The van der Waals surface area contributed by atoms with Crippen LogP contribution in [0.4, 0.5) is 5.69 Å². The lowest BCUT2D eigenvalue weighted by atomic mass is 10.0. The quantitative estimate of drug-likeness (QED) is 0.580. The van der Waals surface area contributed by atoms with E-state index in [0.29, 0.717) is 23.6 Å². The molecule has 0 bridgehead atoms. The number of methoxy groups -OCH3 is 1. The summed E-state index contributed by atoms with van der Waals surface area (Å²) in [6.07, 6.45) is 2.48. The number of nitrogens with zero attached hydrogens (tertiary/aromatic N) is 1. The average Bonchev–Trinajstić information content (AvgIpc) is 3.22. The van der Waals surface area contributed by atoms with Gasteiger partial charge in [-0.25, -0.2) is 8.42 Å². The highest BCUT2D eigenvalue weighted by Gasteiger charge is 2.22. The highest BCUT2D eigenvalue weighted by molar-refractivity contribution is 7.92. The number of ether oxygens (including phenoxy) is 3. The maximum Gasteiger partial charge on any atom is 0.232 e. The van der Waals surface area contributed by atoms with Gasteiger partial charge in [0.15, 0.2) is 11.5 Å². The Morgan fingerprint density at radius 1 is 1.19 bits per heavy atom. The van der Waals surface area contributed by atoms with Crippen molar-refractivity contribution in [1.29, 1.82) is 0 Å². The molecule has 1 N–H and O–H groups in total. The van der Waals surface area contributed by atoms with E-state index in [0.717, 1.165) is 29.6 Å². The van der Waals surface area contributed by atoms with Crippen LogP contribution in [-0.4, -0.2) is 41.0 Å². The molecule has 2 aromatic carbocycles. The van der Waals surface area contributed by atoms with Crippen LogP contribution in [0.25, 0.3) is 0 Å². The maximum absolute atomic E-state index is 12.6. The van der Waals surface area contributed by atoms with Crippen LogP contribution in [0.3, 0.4) is 0 Å². The summed E-state index contributed by atoms with van der Waals surface area (Å²) in [4.78, 5) is 12.6. The number of fused-ring (bicyclic) bond motifs is 1. The number of hydrogen-bond donors (Lipinski definition) is 1. The van der Waals surface area contributed by atoms with Crippen molar-refractivity contribution in [3.63, 3.8) is 0 Å². The zero-order valence-corrected chi connectivity index (χ0v) is 19.7. The molecule has 0 saturated heterocycles. The smallest absolute Gasteiger partial charge is 0.232 e. The molecular formula is C23H30N2O6S. The van der Waals surface area contributed by atoms with Crippen molar-refractivity contribution in [2.24, 2.45) is 0 Å². The van der Waals surface area contributed by atoms with Crippen molar-refractivity contribution < 1.29 is 27.4 Å². The van der Waals surface area contributed by atoms with Crippen LogP contribution >= 0.6 is 0 Å². The maximum atomic E-state index is 12.6. The number of sulfonamides is 1. The van der Waals surface area contributed by atoms with E-state index in [2.05, 4.69) is 5.32 Å². The zero-order valence-electron chi connectivity index (χ0n) is 18.9. The first kappa shape index (κ1) is 23.7. The Bertz CT molecular complexity index is 1070. The van der Waals surface area contributed by atoms with Crippen LogP contribution in [-0.2, 0) is 14.8 Å². The van der Waals surface area contributed by atoms with Gasteiger partial charge in [0.25, 0.3) is 0 Å². The predicted octanol–water partition coefficient (Wildman–Crippen LogP) is 3.55. The molecule has 2 aromatic rings. The third-order valence-corrected chi connectivity index (χ3v) is 6.57. The lowest BCUT2D eigenvalue weighted by Gasteiger charge is -2.23. The van der Waals surface area contributed by atoms with Crippen molar-refractivity contribution >= 4 is 21.6 Å². The second kappa shape index (κ2) is 10.1. The molecule has 9 heteroatoms. The van der Waals surface area contributed by atoms with Gasteiger partial charge in [-0.2, -0.15) is 0 Å². The molecular weight excluding hydrogens is 432 g/mol. The number of aryl methyl sites for hydroxylation is 1. The molecule has 1 heterocycles. The molecule has 1 amide bonds. The number of carbonyl (C=O) groups excluding carboxylic acids is 1. The number of benzene rings is 2.